The van der Waals surface area contributed by atoms with E-state index in [1.807, 2.05) is 0 Å². The molecule has 0 saturated carbocycles. The van der Waals surface area contributed by atoms with Crippen LogP contribution in [-0.2, 0) is 0 Å². The van der Waals surface area contributed by atoms with Crippen LogP contribution in [-0.4, -0.2) is 23.1 Å². The molecule has 0 spiro atoms. The van der Waals surface area contributed by atoms with Gasteiger partial charge in [-0.25, -0.2) is 0 Å². The van der Waals surface area contributed by atoms with Gasteiger partial charge in [-0.15, -0.1) is 24.8 Å². The molecule has 0 aromatic rings. The molecule has 4 heteroatoms. The van der Waals surface area contributed by atoms with Crippen molar-refractivity contribution in [2.45, 2.75) is 0 Å². The maximum atomic E-state index is 0. The Morgan fingerprint density at radius 2 is 0.750 bits per heavy atom. The average Bonchev–Trinajstić information content (AvgIpc) is 0. The standard InChI is InChI=1S/2ClH.GeH4.H2O/h2*1H;1H4;1H2. The molecule has 0 fully saturated rings. The third-order valence-corrected chi connectivity index (χ3v) is 0. The molecule has 0 rings (SSSR count). The van der Waals surface area contributed by atoms with Crippen molar-refractivity contribution in [3.05, 3.63) is 0 Å². The summed E-state index contributed by atoms with van der Waals surface area (Å²) < 4.78 is 0. The molecule has 0 aliphatic rings. The van der Waals surface area contributed by atoms with Gasteiger partial charge < -0.3 is 5.48 Å². The second-order valence-electron chi connectivity index (χ2n) is 0. The normalized spacial score (nSPS) is 0. The Bertz CT molecular complexity index is 6.00. The number of hydrogen-bond donors (Lipinski definition) is 0. The van der Waals surface area contributed by atoms with E-state index in [2.05, 4.69) is 0 Å². The zero-order valence-electron chi connectivity index (χ0n) is 1.32. The van der Waals surface area contributed by atoms with Gasteiger partial charge in [0.1, 0.15) is 0 Å². The first-order valence-corrected chi connectivity index (χ1v) is 0. The van der Waals surface area contributed by atoms with Crippen molar-refractivity contribution in [1.29, 1.82) is 0 Å². The molecule has 0 atom stereocenters. The van der Waals surface area contributed by atoms with Gasteiger partial charge in [0, 0.05) is 0 Å². The summed E-state index contributed by atoms with van der Waals surface area (Å²) >= 11 is 0. The van der Waals surface area contributed by atoms with E-state index in [9.17, 15) is 0 Å². The minimum absolute atomic E-state index is 0. The van der Waals surface area contributed by atoms with Crippen molar-refractivity contribution in [3.8, 4) is 0 Å². The summed E-state index contributed by atoms with van der Waals surface area (Å²) in [5.74, 6) is 0. The van der Waals surface area contributed by atoms with Gasteiger partial charge in [0.05, 0.1) is 0 Å². The molecule has 0 aliphatic carbocycles. The maximum absolute atomic E-state index is 0. The summed E-state index contributed by atoms with van der Waals surface area (Å²) in [4.78, 5) is 0. The Balaban J connectivity index is 0. The molecule has 2 N–H and O–H groups in total. The second kappa shape index (κ2) is 33.1. The first kappa shape index (κ1) is 72.3. The van der Waals surface area contributed by atoms with Crippen LogP contribution < -0.4 is 0 Å². The monoisotopic (exact) mass is 168 g/mol. The molecule has 0 heterocycles. The van der Waals surface area contributed by atoms with Crippen LogP contribution >= 0.6 is 24.8 Å². The van der Waals surface area contributed by atoms with E-state index in [4.69, 9.17) is 0 Å². The zero-order valence-corrected chi connectivity index (χ0v) is 2.95. The van der Waals surface area contributed by atoms with Gasteiger partial charge >= 0.3 is 17.6 Å². The fraction of sp³-hybridized carbons (Fsp3) is 0. The number of rotatable bonds is 0. The van der Waals surface area contributed by atoms with Crippen LogP contribution in [0.15, 0.2) is 0 Å². The molecule has 0 aromatic carbocycles. The molecule has 4 heavy (non-hydrogen) atoms. The molecule has 0 radical (unpaired) electrons. The SMILES string of the molecule is Cl.Cl.O.[GeH4]. The van der Waals surface area contributed by atoms with Crippen LogP contribution in [0.5, 0.6) is 0 Å². The van der Waals surface area contributed by atoms with E-state index in [1.165, 1.54) is 0 Å². The van der Waals surface area contributed by atoms with Gasteiger partial charge in [0.2, 0.25) is 0 Å². The fourth-order valence-electron chi connectivity index (χ4n) is 0. The molecular weight excluding hydrogens is 160 g/mol. The van der Waals surface area contributed by atoms with Crippen LogP contribution in [0.4, 0.5) is 0 Å². The fourth-order valence-corrected chi connectivity index (χ4v) is 0. The van der Waals surface area contributed by atoms with E-state index in [0.717, 1.165) is 0 Å². The van der Waals surface area contributed by atoms with Crippen molar-refractivity contribution >= 4 is 42.4 Å². The van der Waals surface area contributed by atoms with E-state index in [-0.39, 0.29) is 47.9 Å². The molecule has 0 amide bonds. The summed E-state index contributed by atoms with van der Waals surface area (Å²) in [5, 5.41) is 0. The van der Waals surface area contributed by atoms with Gasteiger partial charge in [-0.2, -0.15) is 0 Å². The summed E-state index contributed by atoms with van der Waals surface area (Å²) in [6.07, 6.45) is 0. The van der Waals surface area contributed by atoms with Crippen molar-refractivity contribution in [2.75, 3.05) is 0 Å². The third-order valence-electron chi connectivity index (χ3n) is 0. The van der Waals surface area contributed by atoms with Gasteiger partial charge in [-0.05, 0) is 0 Å². The predicted molar refractivity (Wildman–Crippen MR) is 29.4 cm³/mol. The first-order valence-electron chi connectivity index (χ1n) is 0. The summed E-state index contributed by atoms with van der Waals surface area (Å²) in [6.45, 7) is 0. The summed E-state index contributed by atoms with van der Waals surface area (Å²) in [5.41, 5.74) is 0. The van der Waals surface area contributed by atoms with Crippen LogP contribution in [0.3, 0.4) is 0 Å². The molecule has 0 saturated heterocycles. The Kier molecular flexibility index (Phi) is 598. The predicted octanol–water partition coefficient (Wildman–Crippen LogP) is -1.43. The number of hydrogen-bond acceptors (Lipinski definition) is 0. The van der Waals surface area contributed by atoms with Crippen molar-refractivity contribution in [1.82, 2.24) is 0 Å². The summed E-state index contributed by atoms with van der Waals surface area (Å²) in [6, 6.07) is 0. The first-order chi connectivity index (χ1) is 0. The van der Waals surface area contributed by atoms with Crippen LogP contribution in [0.2, 0.25) is 0 Å². The second-order valence-corrected chi connectivity index (χ2v) is 0. The van der Waals surface area contributed by atoms with Gasteiger partial charge in [-0.3, -0.25) is 0 Å². The van der Waals surface area contributed by atoms with Gasteiger partial charge in [0.15, 0.2) is 0 Å². The van der Waals surface area contributed by atoms with Crippen molar-refractivity contribution in [2.24, 2.45) is 0 Å². The van der Waals surface area contributed by atoms with E-state index >= 15 is 0 Å². The van der Waals surface area contributed by atoms with E-state index in [0.29, 0.717) is 0 Å². The van der Waals surface area contributed by atoms with E-state index < -0.39 is 0 Å². The molecule has 0 aromatic heterocycles. The molecular formula is H8Cl2GeO. The third kappa shape index (κ3) is 11.4. The molecule has 1 nitrogen and oxygen atoms in total. The van der Waals surface area contributed by atoms with Gasteiger partial charge in [-0.1, -0.05) is 0 Å². The van der Waals surface area contributed by atoms with Crippen molar-refractivity contribution < 1.29 is 5.48 Å². The van der Waals surface area contributed by atoms with E-state index in [1.54, 1.807) is 0 Å². The molecule has 32 valence electrons. The van der Waals surface area contributed by atoms with Crippen LogP contribution in [0, 0.1) is 0 Å². The molecule has 0 unspecified atom stereocenters. The summed E-state index contributed by atoms with van der Waals surface area (Å²) in [7, 11) is 0. The molecule has 0 aliphatic heterocycles. The topological polar surface area (TPSA) is 31.5 Å². The Morgan fingerprint density at radius 3 is 0.750 bits per heavy atom. The van der Waals surface area contributed by atoms with Crippen LogP contribution in [0.1, 0.15) is 0 Å². The van der Waals surface area contributed by atoms with Crippen molar-refractivity contribution in [3.63, 3.8) is 0 Å². The van der Waals surface area contributed by atoms with Gasteiger partial charge in [0.25, 0.3) is 0 Å². The Hall–Kier alpha value is 1.08. The zero-order chi connectivity index (χ0) is 0. The number of halogens is 2. The molecule has 0 bridgehead atoms. The minimum atomic E-state index is 0. The quantitative estimate of drug-likeness (QED) is 0.396. The Labute approximate surface area is 48.3 Å². The Morgan fingerprint density at radius 1 is 0.750 bits per heavy atom. The average molecular weight is 168 g/mol. The van der Waals surface area contributed by atoms with Crippen LogP contribution in [0.25, 0.3) is 0 Å².